The van der Waals surface area contributed by atoms with Crippen molar-refractivity contribution in [1.82, 2.24) is 15.1 Å². The lowest BCUT2D eigenvalue weighted by Crippen LogP contribution is -2.27. The number of hydrogen-bond acceptors (Lipinski definition) is 3. The Balaban J connectivity index is 1.47. The predicted molar refractivity (Wildman–Crippen MR) is 113 cm³/mol. The van der Waals surface area contributed by atoms with Crippen LogP contribution in [0.25, 0.3) is 0 Å². The fraction of sp³-hybridized carbons (Fsp3) is 0.150. The Labute approximate surface area is 177 Å². The fourth-order valence-electron chi connectivity index (χ4n) is 3.10. The third kappa shape index (κ3) is 4.06. The Hall–Kier alpha value is -3.03. The first kappa shape index (κ1) is 19.3. The van der Waals surface area contributed by atoms with Gasteiger partial charge in [-0.1, -0.05) is 35.3 Å². The molecule has 9 heteroatoms. The summed E-state index contributed by atoms with van der Waals surface area (Å²) in [7, 11) is 0. The first-order chi connectivity index (χ1) is 14.0. The molecule has 0 atom stereocenters. The number of halogens is 2. The van der Waals surface area contributed by atoms with E-state index in [1.807, 2.05) is 12.1 Å². The summed E-state index contributed by atoms with van der Waals surface area (Å²) in [6.45, 7) is 1.59. The van der Waals surface area contributed by atoms with Crippen LogP contribution in [0, 0.1) is 0 Å². The first-order valence-electron chi connectivity index (χ1n) is 8.94. The molecule has 1 saturated heterocycles. The van der Waals surface area contributed by atoms with Gasteiger partial charge in [-0.3, -0.25) is 9.69 Å². The van der Waals surface area contributed by atoms with E-state index in [1.54, 1.807) is 52.2 Å². The highest BCUT2D eigenvalue weighted by atomic mass is 35.5. The lowest BCUT2D eigenvalue weighted by molar-refractivity contribution is 0.102. The summed E-state index contributed by atoms with van der Waals surface area (Å²) in [6, 6.07) is 13.8. The third-order valence-electron chi connectivity index (χ3n) is 4.61. The number of carbonyl (C=O) groups is 2. The van der Waals surface area contributed by atoms with Gasteiger partial charge in [-0.2, -0.15) is 5.10 Å². The van der Waals surface area contributed by atoms with Gasteiger partial charge in [0.1, 0.15) is 5.82 Å². The number of amides is 3. The molecule has 148 valence electrons. The number of nitrogens with one attached hydrogen (secondary N) is 2. The molecule has 0 aliphatic carbocycles. The van der Waals surface area contributed by atoms with Crippen LogP contribution >= 0.6 is 23.2 Å². The van der Waals surface area contributed by atoms with Gasteiger partial charge in [0.2, 0.25) is 0 Å². The van der Waals surface area contributed by atoms with Crippen molar-refractivity contribution in [3.05, 3.63) is 75.9 Å². The molecule has 7 nitrogen and oxygen atoms in total. The lowest BCUT2D eigenvalue weighted by atomic mass is 10.2. The van der Waals surface area contributed by atoms with E-state index in [-0.39, 0.29) is 11.9 Å². The lowest BCUT2D eigenvalue weighted by Gasteiger charge is -2.14. The predicted octanol–water partition coefficient (Wildman–Crippen LogP) is 4.02. The molecule has 1 aromatic heterocycles. The van der Waals surface area contributed by atoms with Gasteiger partial charge in [-0.25, -0.2) is 9.48 Å². The SMILES string of the molecule is O=C(Nc1ccnn1Cc1cccc(Cl)c1Cl)c1ccc(N2CCNC2=O)cc1. The van der Waals surface area contributed by atoms with Crippen molar-refractivity contribution in [3.8, 4) is 0 Å². The topological polar surface area (TPSA) is 79.3 Å². The number of carbonyl (C=O) groups excluding carboxylic acids is 2. The maximum absolute atomic E-state index is 12.6. The molecule has 3 amide bonds. The minimum Gasteiger partial charge on any atom is -0.336 e. The van der Waals surface area contributed by atoms with Crippen molar-refractivity contribution in [2.24, 2.45) is 0 Å². The molecular formula is C20H17Cl2N5O2. The summed E-state index contributed by atoms with van der Waals surface area (Å²) in [5.74, 6) is 0.260. The molecule has 1 aliphatic rings. The molecule has 2 N–H and O–H groups in total. The second kappa shape index (κ2) is 8.14. The number of rotatable bonds is 5. The average Bonchev–Trinajstić information content (AvgIpc) is 3.34. The van der Waals surface area contributed by atoms with Crippen LogP contribution in [0.5, 0.6) is 0 Å². The van der Waals surface area contributed by atoms with Crippen molar-refractivity contribution in [2.45, 2.75) is 6.54 Å². The average molecular weight is 430 g/mol. The van der Waals surface area contributed by atoms with Crippen LogP contribution in [0.3, 0.4) is 0 Å². The van der Waals surface area contributed by atoms with Gasteiger partial charge in [0.15, 0.2) is 0 Å². The third-order valence-corrected chi connectivity index (χ3v) is 5.47. The second-order valence-electron chi connectivity index (χ2n) is 6.47. The molecule has 0 unspecified atom stereocenters. The maximum Gasteiger partial charge on any atom is 0.321 e. The zero-order valence-corrected chi connectivity index (χ0v) is 16.7. The van der Waals surface area contributed by atoms with Gasteiger partial charge in [0.25, 0.3) is 5.91 Å². The minimum atomic E-state index is -0.277. The van der Waals surface area contributed by atoms with Crippen molar-refractivity contribution < 1.29 is 9.59 Å². The number of hydrogen-bond donors (Lipinski definition) is 2. The van der Waals surface area contributed by atoms with Crippen molar-refractivity contribution >= 4 is 46.6 Å². The molecule has 1 fully saturated rings. The highest BCUT2D eigenvalue weighted by Crippen LogP contribution is 2.27. The highest BCUT2D eigenvalue weighted by molar-refractivity contribution is 6.42. The Morgan fingerprint density at radius 2 is 1.93 bits per heavy atom. The molecule has 0 spiro atoms. The van der Waals surface area contributed by atoms with E-state index in [4.69, 9.17) is 23.2 Å². The number of aromatic nitrogens is 2. The van der Waals surface area contributed by atoms with Crippen LogP contribution in [0.1, 0.15) is 15.9 Å². The Morgan fingerprint density at radius 1 is 1.14 bits per heavy atom. The molecule has 2 aromatic carbocycles. The molecule has 1 aliphatic heterocycles. The number of benzene rings is 2. The van der Waals surface area contributed by atoms with E-state index >= 15 is 0 Å². The van der Waals surface area contributed by atoms with Crippen molar-refractivity contribution in [2.75, 3.05) is 23.3 Å². The minimum absolute atomic E-state index is 0.134. The molecule has 29 heavy (non-hydrogen) atoms. The van der Waals surface area contributed by atoms with Crippen LogP contribution in [-0.2, 0) is 6.54 Å². The summed E-state index contributed by atoms with van der Waals surface area (Å²) < 4.78 is 1.64. The molecule has 3 aromatic rings. The monoisotopic (exact) mass is 429 g/mol. The first-order valence-corrected chi connectivity index (χ1v) is 9.70. The number of urea groups is 1. The van der Waals surface area contributed by atoms with Crippen LogP contribution in [-0.4, -0.2) is 34.8 Å². The van der Waals surface area contributed by atoms with Gasteiger partial charge in [0.05, 0.1) is 22.8 Å². The van der Waals surface area contributed by atoms with E-state index in [0.717, 1.165) is 11.3 Å². The van der Waals surface area contributed by atoms with E-state index in [0.29, 0.717) is 41.1 Å². The number of anilines is 2. The van der Waals surface area contributed by atoms with E-state index in [2.05, 4.69) is 15.7 Å². The molecule has 0 bridgehead atoms. The Morgan fingerprint density at radius 3 is 2.66 bits per heavy atom. The van der Waals surface area contributed by atoms with Crippen LogP contribution in [0.15, 0.2) is 54.7 Å². The zero-order chi connectivity index (χ0) is 20.4. The van der Waals surface area contributed by atoms with Crippen molar-refractivity contribution in [3.63, 3.8) is 0 Å². The highest BCUT2D eigenvalue weighted by Gasteiger charge is 2.21. The molecule has 2 heterocycles. The summed E-state index contributed by atoms with van der Waals surface area (Å²) in [5.41, 5.74) is 2.02. The van der Waals surface area contributed by atoms with Gasteiger partial charge in [0, 0.05) is 30.4 Å². The summed E-state index contributed by atoms with van der Waals surface area (Å²) in [6.07, 6.45) is 1.60. The van der Waals surface area contributed by atoms with Gasteiger partial charge < -0.3 is 10.6 Å². The Bertz CT molecular complexity index is 1060. The number of nitrogens with zero attached hydrogens (tertiary/aromatic N) is 3. The second-order valence-corrected chi connectivity index (χ2v) is 7.26. The molecule has 0 radical (unpaired) electrons. The zero-order valence-electron chi connectivity index (χ0n) is 15.2. The van der Waals surface area contributed by atoms with Crippen LogP contribution < -0.4 is 15.5 Å². The summed E-state index contributed by atoms with van der Waals surface area (Å²) >= 11 is 12.3. The molecular weight excluding hydrogens is 413 g/mol. The van der Waals surface area contributed by atoms with Crippen molar-refractivity contribution in [1.29, 1.82) is 0 Å². The summed E-state index contributed by atoms with van der Waals surface area (Å²) in [4.78, 5) is 26.0. The van der Waals surface area contributed by atoms with Gasteiger partial charge in [-0.15, -0.1) is 0 Å². The van der Waals surface area contributed by atoms with E-state index in [1.165, 1.54) is 0 Å². The summed E-state index contributed by atoms with van der Waals surface area (Å²) in [5, 5.41) is 10.8. The quantitative estimate of drug-likeness (QED) is 0.642. The van der Waals surface area contributed by atoms with Crippen LogP contribution in [0.4, 0.5) is 16.3 Å². The molecule has 4 rings (SSSR count). The van der Waals surface area contributed by atoms with E-state index < -0.39 is 0 Å². The smallest absolute Gasteiger partial charge is 0.321 e. The fourth-order valence-corrected chi connectivity index (χ4v) is 3.48. The molecule has 0 saturated carbocycles. The Kier molecular flexibility index (Phi) is 5.42. The maximum atomic E-state index is 12.6. The van der Waals surface area contributed by atoms with Gasteiger partial charge in [-0.05, 0) is 35.9 Å². The standard InChI is InChI=1S/C20H17Cl2N5O2/c21-16-3-1-2-14(18(16)22)12-27-17(8-9-24-27)25-19(28)13-4-6-15(7-5-13)26-11-10-23-20(26)29/h1-9H,10-12H2,(H,23,29)(H,25,28). The largest absolute Gasteiger partial charge is 0.336 e. The van der Waals surface area contributed by atoms with Crippen LogP contribution in [0.2, 0.25) is 10.0 Å². The normalized spacial score (nSPS) is 13.4. The van der Waals surface area contributed by atoms with Gasteiger partial charge >= 0.3 is 6.03 Å². The van der Waals surface area contributed by atoms with E-state index in [9.17, 15) is 9.59 Å².